The monoisotopic (exact) mass is 572 g/mol. The molecular weight excluding hydrogens is 516 g/mol. The zero-order chi connectivity index (χ0) is 29.8. The maximum atomic E-state index is 14.6. The standard InChI is InChI=1S/C35H56O6/c1-20-22-9-12-34(6)27(32(22,4)11-10-25(20)38)8-7-23-24-17-31(2,3)13-15-35(24,16-14-33(23,34)5)30(40)21(18-36)28(39)29-26(19-37)41-29/h7,20-22,24-29,36-39H,8-19H2,1-6H3/t20?,21?,22?,24?,25?,26?,27?,28?,29?,32?,33-,34?,35?/m1/s1. The van der Waals surface area contributed by atoms with Crippen LogP contribution in [0, 0.1) is 56.7 Å². The van der Waals surface area contributed by atoms with Gasteiger partial charge in [-0.15, -0.1) is 0 Å². The number of epoxide rings is 1. The van der Waals surface area contributed by atoms with Gasteiger partial charge in [0.25, 0.3) is 0 Å². The van der Waals surface area contributed by atoms with Gasteiger partial charge >= 0.3 is 0 Å². The largest absolute Gasteiger partial charge is 0.396 e. The number of carbonyl (C=O) groups is 1. The average Bonchev–Trinajstić information content (AvgIpc) is 3.72. The van der Waals surface area contributed by atoms with Crippen molar-refractivity contribution in [2.75, 3.05) is 13.2 Å². The molecule has 41 heavy (non-hydrogen) atoms. The van der Waals surface area contributed by atoms with E-state index in [1.54, 1.807) is 0 Å². The second-order valence-corrected chi connectivity index (χ2v) is 16.9. The van der Waals surface area contributed by atoms with Crippen LogP contribution >= 0.6 is 0 Å². The molecule has 12 unspecified atom stereocenters. The van der Waals surface area contributed by atoms with Crippen LogP contribution in [0.2, 0.25) is 0 Å². The maximum absolute atomic E-state index is 14.6. The molecule has 6 rings (SSSR count). The van der Waals surface area contributed by atoms with Crippen LogP contribution in [0.1, 0.15) is 106 Å². The number of hydrogen-bond acceptors (Lipinski definition) is 6. The summed E-state index contributed by atoms with van der Waals surface area (Å²) < 4.78 is 5.47. The lowest BCUT2D eigenvalue weighted by molar-refractivity contribution is -0.184. The van der Waals surface area contributed by atoms with Crippen LogP contribution in [0.3, 0.4) is 0 Å². The van der Waals surface area contributed by atoms with Gasteiger partial charge in [0.05, 0.1) is 31.3 Å². The van der Waals surface area contributed by atoms with Crippen molar-refractivity contribution in [1.82, 2.24) is 0 Å². The lowest BCUT2D eigenvalue weighted by atomic mass is 9.34. The fraction of sp³-hybridized carbons (Fsp3) is 0.914. The number of Topliss-reactive ketones (excluding diaryl/α,β-unsaturated/α-hetero) is 1. The zero-order valence-corrected chi connectivity index (χ0v) is 26.4. The summed E-state index contributed by atoms with van der Waals surface area (Å²) in [4.78, 5) is 14.6. The first kappa shape index (κ1) is 30.2. The number of fused-ring (bicyclic) bond motifs is 7. The lowest BCUT2D eigenvalue weighted by Crippen LogP contribution is -2.64. The number of ether oxygens (including phenoxy) is 1. The number of carbonyl (C=O) groups excluding carboxylic acids is 1. The number of allylic oxidation sites excluding steroid dienone is 2. The van der Waals surface area contributed by atoms with Crippen molar-refractivity contribution in [2.24, 2.45) is 56.7 Å². The Balaban J connectivity index is 1.38. The summed E-state index contributed by atoms with van der Waals surface area (Å²) >= 11 is 0. The van der Waals surface area contributed by atoms with Crippen LogP contribution in [0.4, 0.5) is 0 Å². The van der Waals surface area contributed by atoms with Crippen molar-refractivity contribution >= 4 is 5.78 Å². The van der Waals surface area contributed by atoms with Crippen molar-refractivity contribution in [3.63, 3.8) is 0 Å². The Kier molecular flexibility index (Phi) is 7.27. The first-order chi connectivity index (χ1) is 19.2. The fourth-order valence-electron chi connectivity index (χ4n) is 11.8. The summed E-state index contributed by atoms with van der Waals surface area (Å²) in [6.07, 6.45) is 10.1. The third-order valence-electron chi connectivity index (χ3n) is 14.8. The smallest absolute Gasteiger partial charge is 0.147 e. The van der Waals surface area contributed by atoms with Crippen LogP contribution in [-0.4, -0.2) is 63.8 Å². The molecule has 1 heterocycles. The topological polar surface area (TPSA) is 111 Å². The Morgan fingerprint density at radius 1 is 1.02 bits per heavy atom. The Labute approximate surface area is 247 Å². The highest BCUT2D eigenvalue weighted by Gasteiger charge is 2.68. The molecule has 6 nitrogen and oxygen atoms in total. The zero-order valence-electron chi connectivity index (χ0n) is 26.4. The van der Waals surface area contributed by atoms with E-state index in [0.717, 1.165) is 57.8 Å². The van der Waals surface area contributed by atoms with Gasteiger partial charge in [-0.05, 0) is 110 Å². The van der Waals surface area contributed by atoms with Crippen molar-refractivity contribution in [3.05, 3.63) is 11.6 Å². The molecule has 0 bridgehead atoms. The number of aliphatic hydroxyl groups is 4. The lowest BCUT2D eigenvalue weighted by Gasteiger charge is -2.70. The minimum atomic E-state index is -1.09. The molecule has 0 aromatic rings. The normalized spacial score (nSPS) is 51.7. The molecule has 6 aliphatic rings. The van der Waals surface area contributed by atoms with Gasteiger partial charge in [-0.1, -0.05) is 53.2 Å². The number of ketones is 1. The van der Waals surface area contributed by atoms with Crippen LogP contribution in [0.25, 0.3) is 0 Å². The molecular formula is C35H56O6. The summed E-state index contributed by atoms with van der Waals surface area (Å²) in [6.45, 7) is 14.0. The maximum Gasteiger partial charge on any atom is 0.147 e. The van der Waals surface area contributed by atoms with Crippen molar-refractivity contribution < 1.29 is 30.0 Å². The predicted octanol–water partition coefficient (Wildman–Crippen LogP) is 5.06. The molecule has 6 heteroatoms. The van der Waals surface area contributed by atoms with Crippen LogP contribution in [-0.2, 0) is 9.53 Å². The van der Waals surface area contributed by atoms with Crippen LogP contribution < -0.4 is 0 Å². The molecule has 0 aromatic heterocycles. The first-order valence-electron chi connectivity index (χ1n) is 16.7. The van der Waals surface area contributed by atoms with E-state index in [4.69, 9.17) is 4.74 Å². The molecule has 4 N–H and O–H groups in total. The third-order valence-corrected chi connectivity index (χ3v) is 14.8. The van der Waals surface area contributed by atoms with Gasteiger partial charge in [-0.3, -0.25) is 4.79 Å². The number of aliphatic hydroxyl groups excluding tert-OH is 4. The second-order valence-electron chi connectivity index (χ2n) is 16.9. The van der Waals surface area contributed by atoms with Gasteiger partial charge in [0, 0.05) is 5.41 Å². The molecule has 232 valence electrons. The summed E-state index contributed by atoms with van der Waals surface area (Å²) in [6, 6.07) is 0. The van der Waals surface area contributed by atoms with Crippen molar-refractivity contribution in [2.45, 2.75) is 130 Å². The predicted molar refractivity (Wildman–Crippen MR) is 158 cm³/mol. The average molecular weight is 573 g/mol. The van der Waals surface area contributed by atoms with Gasteiger partial charge in [0.1, 0.15) is 18.0 Å². The van der Waals surface area contributed by atoms with Gasteiger partial charge in [0.2, 0.25) is 0 Å². The SMILES string of the molecule is CC1C(O)CCC2(C)C1CCC1(C)C2CC=C2C3CC(C)(C)CCC3(C(=O)C(CO)C(O)C3OC3CO)CC[C@]21C. The number of rotatable bonds is 6. The summed E-state index contributed by atoms with van der Waals surface area (Å²) in [7, 11) is 0. The molecule has 0 radical (unpaired) electrons. The molecule has 1 aliphatic heterocycles. The molecule has 0 spiro atoms. The Hall–Kier alpha value is -0.790. The second kappa shape index (κ2) is 9.86. The Bertz CT molecular complexity index is 1080. The Morgan fingerprint density at radius 2 is 1.73 bits per heavy atom. The minimum Gasteiger partial charge on any atom is -0.396 e. The quantitative estimate of drug-likeness (QED) is 0.262. The third kappa shape index (κ3) is 4.16. The van der Waals surface area contributed by atoms with E-state index in [0.29, 0.717) is 17.8 Å². The van der Waals surface area contributed by atoms with E-state index >= 15 is 0 Å². The van der Waals surface area contributed by atoms with Crippen molar-refractivity contribution in [3.8, 4) is 0 Å². The molecule has 0 aromatic carbocycles. The molecule has 5 fully saturated rings. The molecule has 0 amide bonds. The molecule has 4 saturated carbocycles. The summed E-state index contributed by atoms with van der Waals surface area (Å²) in [5.74, 6) is 0.701. The van der Waals surface area contributed by atoms with Gasteiger partial charge in [0.15, 0.2) is 0 Å². The van der Waals surface area contributed by atoms with E-state index in [1.165, 1.54) is 12.0 Å². The highest BCUT2D eigenvalue weighted by molar-refractivity contribution is 5.89. The van der Waals surface area contributed by atoms with Crippen molar-refractivity contribution in [1.29, 1.82) is 0 Å². The van der Waals surface area contributed by atoms with Gasteiger partial charge in [-0.2, -0.15) is 0 Å². The highest BCUT2D eigenvalue weighted by Crippen LogP contribution is 2.75. The van der Waals surface area contributed by atoms with Gasteiger partial charge in [-0.25, -0.2) is 0 Å². The number of hydrogen-bond donors (Lipinski definition) is 4. The van der Waals surface area contributed by atoms with Crippen LogP contribution in [0.5, 0.6) is 0 Å². The van der Waals surface area contributed by atoms with E-state index < -0.39 is 36.3 Å². The Morgan fingerprint density at radius 3 is 2.39 bits per heavy atom. The van der Waals surface area contributed by atoms with Crippen LogP contribution in [0.15, 0.2) is 11.6 Å². The highest BCUT2D eigenvalue weighted by atomic mass is 16.6. The van der Waals surface area contributed by atoms with Gasteiger partial charge < -0.3 is 25.2 Å². The van der Waals surface area contributed by atoms with E-state index in [-0.39, 0.29) is 46.1 Å². The van der Waals surface area contributed by atoms with E-state index in [1.807, 2.05) is 0 Å². The minimum absolute atomic E-state index is 0.0000205. The summed E-state index contributed by atoms with van der Waals surface area (Å²) in [5.41, 5.74) is 1.38. The van der Waals surface area contributed by atoms with E-state index in [2.05, 4.69) is 47.6 Å². The summed E-state index contributed by atoms with van der Waals surface area (Å²) in [5, 5.41) is 41.9. The molecule has 13 atom stereocenters. The first-order valence-corrected chi connectivity index (χ1v) is 16.7. The molecule has 1 saturated heterocycles. The fourth-order valence-corrected chi connectivity index (χ4v) is 11.8. The molecule has 5 aliphatic carbocycles. The van der Waals surface area contributed by atoms with E-state index in [9.17, 15) is 25.2 Å².